The van der Waals surface area contributed by atoms with Crippen LogP contribution in [0.15, 0.2) is 24.3 Å². The van der Waals surface area contributed by atoms with Gasteiger partial charge in [-0.25, -0.2) is 0 Å². The number of halogens is 3. The summed E-state index contributed by atoms with van der Waals surface area (Å²) in [5.41, 5.74) is 0.644. The number of ketones is 1. The maximum Gasteiger partial charge on any atom is 0.449 e. The van der Waals surface area contributed by atoms with Crippen LogP contribution in [0.2, 0.25) is 0 Å². The molecule has 0 aromatic heterocycles. The van der Waals surface area contributed by atoms with Crippen LogP contribution in [0.25, 0.3) is 0 Å². The second kappa shape index (κ2) is 15.3. The molecule has 0 fully saturated rings. The Hall–Kier alpha value is -1.56. The summed E-state index contributed by atoms with van der Waals surface area (Å²) in [6, 6.07) is 7.04. The number of benzene rings is 1. The van der Waals surface area contributed by atoms with Crippen molar-refractivity contribution in [1.82, 2.24) is 0 Å². The smallest absolute Gasteiger partial charge is 0.449 e. The minimum absolute atomic E-state index is 0.0331. The van der Waals surface area contributed by atoms with Gasteiger partial charge in [0.15, 0.2) is 0 Å². The van der Waals surface area contributed by atoms with E-state index in [2.05, 4.69) is 21.0 Å². The van der Waals surface area contributed by atoms with Crippen LogP contribution in [0.5, 0.6) is 5.75 Å². The molecule has 3 nitrogen and oxygen atoms in total. The molecule has 1 aromatic carbocycles. The Labute approximate surface area is 192 Å². The second-order valence-electron chi connectivity index (χ2n) is 9.44. The normalized spacial score (nSPS) is 12.2. The largest absolute Gasteiger partial charge is 0.487 e. The first-order valence-electron chi connectivity index (χ1n) is 12.3. The first-order chi connectivity index (χ1) is 15.2. The number of unbranched alkanes of at least 4 members (excludes halogenated alkanes) is 9. The molecule has 0 atom stereocenters. The van der Waals surface area contributed by atoms with E-state index in [1.54, 1.807) is 24.3 Å². The molecule has 0 bridgehead atoms. The minimum Gasteiger partial charge on any atom is -0.487 e. The number of carbonyl (C=O) groups is 1. The summed E-state index contributed by atoms with van der Waals surface area (Å²) >= 11 is 0. The minimum atomic E-state index is -4.77. The molecular weight excluding hydrogens is 415 g/mol. The van der Waals surface area contributed by atoms with Gasteiger partial charge in [0.1, 0.15) is 18.9 Å². The highest BCUT2D eigenvalue weighted by molar-refractivity contribution is 5.84. The van der Waals surface area contributed by atoms with Crippen LogP contribution in [0, 0.1) is 0 Å². The first kappa shape index (κ1) is 28.5. The van der Waals surface area contributed by atoms with Gasteiger partial charge in [-0.2, -0.15) is 13.2 Å². The second-order valence-corrected chi connectivity index (χ2v) is 9.44. The number of carbonyl (C=O) groups excluding carboxylic acids is 1. The zero-order chi connectivity index (χ0) is 23.9. The third-order valence-corrected chi connectivity index (χ3v) is 5.98. The predicted octanol–water partition coefficient (Wildman–Crippen LogP) is 7.13. The van der Waals surface area contributed by atoms with Crippen molar-refractivity contribution in [2.75, 3.05) is 33.8 Å². The van der Waals surface area contributed by atoms with Crippen molar-refractivity contribution in [3.05, 3.63) is 29.8 Å². The number of aryl methyl sites for hydroxylation is 1. The highest BCUT2D eigenvalue weighted by atomic mass is 19.4. The Bertz CT molecular complexity index is 644. The van der Waals surface area contributed by atoms with Crippen LogP contribution in [0.4, 0.5) is 13.2 Å². The fourth-order valence-corrected chi connectivity index (χ4v) is 3.78. The van der Waals surface area contributed by atoms with E-state index >= 15 is 0 Å². The van der Waals surface area contributed by atoms with E-state index in [9.17, 15) is 18.0 Å². The fourth-order valence-electron chi connectivity index (χ4n) is 3.78. The van der Waals surface area contributed by atoms with E-state index in [-0.39, 0.29) is 6.42 Å². The van der Waals surface area contributed by atoms with Gasteiger partial charge in [0.2, 0.25) is 5.78 Å². The van der Waals surface area contributed by atoms with Gasteiger partial charge < -0.3 is 9.22 Å². The number of quaternary nitrogens is 1. The van der Waals surface area contributed by atoms with Crippen LogP contribution in [0.1, 0.15) is 83.1 Å². The Morgan fingerprint density at radius 2 is 1.44 bits per heavy atom. The van der Waals surface area contributed by atoms with Gasteiger partial charge in [0.25, 0.3) is 0 Å². The molecule has 184 valence electrons. The molecule has 0 aliphatic rings. The third-order valence-electron chi connectivity index (χ3n) is 5.98. The van der Waals surface area contributed by atoms with Crippen molar-refractivity contribution < 1.29 is 27.2 Å². The highest BCUT2D eigenvalue weighted by Crippen LogP contribution is 2.23. The van der Waals surface area contributed by atoms with Gasteiger partial charge >= 0.3 is 6.18 Å². The lowest BCUT2D eigenvalue weighted by molar-refractivity contribution is -0.890. The molecular formula is C26H43F3NO2+. The van der Waals surface area contributed by atoms with Gasteiger partial charge in [-0.15, -0.1) is 0 Å². The standard InChI is InChI=1S/C26H43F3NO2/c1-4-5-6-7-8-9-10-11-12-15-20-30(2,3)21-22-32-24-17-14-13-16-23(24)18-19-25(31)26(27,28)29/h13-14,16-17H,4-12,15,18-22H2,1-3H3/q+1. The summed E-state index contributed by atoms with van der Waals surface area (Å²) in [6.45, 7) is 4.65. The van der Waals surface area contributed by atoms with E-state index in [1.165, 1.54) is 64.2 Å². The van der Waals surface area contributed by atoms with E-state index < -0.39 is 18.4 Å². The molecule has 0 saturated carbocycles. The SMILES string of the molecule is CCCCCCCCCCCC[N+](C)(C)CCOc1ccccc1CCC(=O)C(F)(F)F. The lowest BCUT2D eigenvalue weighted by Gasteiger charge is -2.30. The average Bonchev–Trinajstić information content (AvgIpc) is 2.73. The van der Waals surface area contributed by atoms with Crippen molar-refractivity contribution in [1.29, 1.82) is 0 Å². The summed E-state index contributed by atoms with van der Waals surface area (Å²) in [5.74, 6) is -1.12. The monoisotopic (exact) mass is 458 g/mol. The molecule has 0 heterocycles. The van der Waals surface area contributed by atoms with Crippen LogP contribution in [-0.4, -0.2) is 50.2 Å². The van der Waals surface area contributed by atoms with Crippen molar-refractivity contribution in [3.63, 3.8) is 0 Å². The molecule has 0 unspecified atom stereocenters. The zero-order valence-electron chi connectivity index (χ0n) is 20.3. The van der Waals surface area contributed by atoms with Crippen LogP contribution in [0.3, 0.4) is 0 Å². The first-order valence-corrected chi connectivity index (χ1v) is 12.3. The van der Waals surface area contributed by atoms with Crippen molar-refractivity contribution in [3.8, 4) is 5.75 Å². The number of nitrogens with zero attached hydrogens (tertiary/aromatic N) is 1. The highest BCUT2D eigenvalue weighted by Gasteiger charge is 2.37. The molecule has 0 radical (unpaired) electrons. The van der Waals surface area contributed by atoms with Gasteiger partial charge in [-0.1, -0.05) is 76.5 Å². The van der Waals surface area contributed by atoms with Crippen molar-refractivity contribution >= 4 is 5.78 Å². The summed E-state index contributed by atoms with van der Waals surface area (Å²) in [5, 5.41) is 0. The number of para-hydroxylation sites is 1. The van der Waals surface area contributed by atoms with Gasteiger partial charge in [0, 0.05) is 6.42 Å². The summed E-state index contributed by atoms with van der Waals surface area (Å²) < 4.78 is 44.1. The average molecular weight is 459 g/mol. The van der Waals surface area contributed by atoms with Crippen LogP contribution >= 0.6 is 0 Å². The van der Waals surface area contributed by atoms with E-state index in [1.807, 2.05) is 0 Å². The number of alkyl halides is 3. The molecule has 1 rings (SSSR count). The molecule has 0 aliphatic carbocycles. The predicted molar refractivity (Wildman–Crippen MR) is 125 cm³/mol. The molecule has 0 saturated heterocycles. The Morgan fingerprint density at radius 3 is 2.03 bits per heavy atom. The summed E-state index contributed by atoms with van der Waals surface area (Å²) in [7, 11) is 4.37. The van der Waals surface area contributed by atoms with Crippen LogP contribution < -0.4 is 4.74 Å². The van der Waals surface area contributed by atoms with Crippen molar-refractivity contribution in [2.45, 2.75) is 90.1 Å². The Morgan fingerprint density at radius 1 is 0.875 bits per heavy atom. The van der Waals surface area contributed by atoms with Crippen molar-refractivity contribution in [2.24, 2.45) is 0 Å². The van der Waals surface area contributed by atoms with E-state index in [0.717, 1.165) is 17.6 Å². The lowest BCUT2D eigenvalue weighted by Crippen LogP contribution is -2.43. The number of likely N-dealkylation sites (N-methyl/N-ethyl adjacent to an activating group) is 1. The Balaban J connectivity index is 2.25. The molecule has 0 amide bonds. The summed E-state index contributed by atoms with van der Waals surface area (Å²) in [6.07, 6.45) is 7.92. The number of hydrogen-bond acceptors (Lipinski definition) is 2. The molecule has 0 aliphatic heterocycles. The van der Waals surface area contributed by atoms with Gasteiger partial charge in [0.05, 0.1) is 20.6 Å². The number of ether oxygens (including phenoxy) is 1. The maximum atomic E-state index is 12.4. The number of hydrogen-bond donors (Lipinski definition) is 0. The van der Waals surface area contributed by atoms with E-state index in [4.69, 9.17) is 4.74 Å². The number of Topliss-reactive ketones (excluding diaryl/α,β-unsaturated/α-hetero) is 1. The van der Waals surface area contributed by atoms with Crippen LogP contribution in [-0.2, 0) is 11.2 Å². The maximum absolute atomic E-state index is 12.4. The molecule has 0 N–H and O–H groups in total. The van der Waals surface area contributed by atoms with Gasteiger partial charge in [-0.3, -0.25) is 4.79 Å². The van der Waals surface area contributed by atoms with E-state index in [0.29, 0.717) is 17.9 Å². The molecule has 0 spiro atoms. The number of rotatable bonds is 18. The molecule has 32 heavy (non-hydrogen) atoms. The Kier molecular flexibility index (Phi) is 13.6. The third kappa shape index (κ3) is 13.1. The topological polar surface area (TPSA) is 26.3 Å². The summed E-state index contributed by atoms with van der Waals surface area (Å²) in [4.78, 5) is 11.2. The molecule has 1 aromatic rings. The molecule has 6 heteroatoms. The lowest BCUT2D eigenvalue weighted by atomic mass is 10.1. The quantitative estimate of drug-likeness (QED) is 0.173. The fraction of sp³-hybridized carbons (Fsp3) is 0.731. The van der Waals surface area contributed by atoms with Gasteiger partial charge in [-0.05, 0) is 30.9 Å². The zero-order valence-corrected chi connectivity index (χ0v) is 20.3.